The zero-order chi connectivity index (χ0) is 16.1. The Labute approximate surface area is 134 Å². The van der Waals surface area contributed by atoms with Crippen molar-refractivity contribution in [2.45, 2.75) is 19.8 Å². The zero-order valence-corrected chi connectivity index (χ0v) is 13.2. The number of amides is 1. The summed E-state index contributed by atoms with van der Waals surface area (Å²) in [6.45, 7) is 4.26. The van der Waals surface area contributed by atoms with E-state index in [-0.39, 0.29) is 10.9 Å². The second-order valence-corrected chi connectivity index (χ2v) is 5.68. The van der Waals surface area contributed by atoms with Gasteiger partial charge in [-0.1, -0.05) is 49.7 Å². The molecule has 0 fully saturated rings. The summed E-state index contributed by atoms with van der Waals surface area (Å²) in [4.78, 5) is 11.8. The highest BCUT2D eigenvalue weighted by molar-refractivity contribution is 6.31. The van der Waals surface area contributed by atoms with E-state index in [1.807, 2.05) is 24.3 Å². The Kier molecular flexibility index (Phi) is 5.34. The van der Waals surface area contributed by atoms with Crippen LogP contribution in [0.25, 0.3) is 6.08 Å². The normalized spacial score (nSPS) is 11.1. The quantitative estimate of drug-likeness (QED) is 0.766. The Bertz CT molecular complexity index is 693. The maximum Gasteiger partial charge on any atom is 0.248 e. The first kappa shape index (κ1) is 16.2. The fourth-order valence-electron chi connectivity index (χ4n) is 1.92. The first-order valence-corrected chi connectivity index (χ1v) is 7.37. The zero-order valence-electron chi connectivity index (χ0n) is 12.4. The van der Waals surface area contributed by atoms with Crippen molar-refractivity contribution in [2.75, 3.05) is 5.32 Å². The Balaban J connectivity index is 2.00. The van der Waals surface area contributed by atoms with Crippen molar-refractivity contribution in [2.24, 2.45) is 0 Å². The summed E-state index contributed by atoms with van der Waals surface area (Å²) in [5.74, 6) is -0.333. The second-order valence-electron chi connectivity index (χ2n) is 5.27. The molecule has 0 aliphatic rings. The molecule has 2 rings (SSSR count). The molecule has 2 aromatic carbocycles. The van der Waals surface area contributed by atoms with Crippen LogP contribution in [0.15, 0.2) is 48.5 Å². The second kappa shape index (κ2) is 7.23. The van der Waals surface area contributed by atoms with E-state index in [0.29, 0.717) is 11.6 Å². The van der Waals surface area contributed by atoms with Gasteiger partial charge in [0.15, 0.2) is 0 Å². The Morgan fingerprint density at radius 2 is 1.86 bits per heavy atom. The molecule has 0 aromatic heterocycles. The van der Waals surface area contributed by atoms with Crippen LogP contribution in [0.2, 0.25) is 5.02 Å². The topological polar surface area (TPSA) is 29.1 Å². The highest BCUT2D eigenvalue weighted by Gasteiger charge is 2.03. The molecule has 1 amide bonds. The van der Waals surface area contributed by atoms with Gasteiger partial charge in [0.1, 0.15) is 5.82 Å². The number of hydrogen-bond donors (Lipinski definition) is 1. The van der Waals surface area contributed by atoms with Crippen LogP contribution < -0.4 is 5.32 Å². The largest absolute Gasteiger partial charge is 0.322 e. The Morgan fingerprint density at radius 3 is 2.45 bits per heavy atom. The van der Waals surface area contributed by atoms with Gasteiger partial charge in [-0.2, -0.15) is 0 Å². The maximum atomic E-state index is 13.0. The first-order chi connectivity index (χ1) is 10.5. The molecule has 0 radical (unpaired) electrons. The van der Waals surface area contributed by atoms with E-state index in [0.717, 1.165) is 5.56 Å². The number of carbonyl (C=O) groups is 1. The van der Waals surface area contributed by atoms with Gasteiger partial charge >= 0.3 is 0 Å². The molecule has 2 nitrogen and oxygen atoms in total. The minimum atomic E-state index is -0.513. The number of rotatable bonds is 4. The summed E-state index contributed by atoms with van der Waals surface area (Å²) in [6.07, 6.45) is 3.16. The van der Waals surface area contributed by atoms with Gasteiger partial charge in [0.05, 0.1) is 5.02 Å². The maximum absolute atomic E-state index is 13.0. The summed E-state index contributed by atoms with van der Waals surface area (Å²) in [5.41, 5.74) is 2.65. The molecule has 0 bridgehead atoms. The number of anilines is 1. The summed E-state index contributed by atoms with van der Waals surface area (Å²) in [5, 5.41) is 2.61. The van der Waals surface area contributed by atoms with Crippen molar-refractivity contribution in [3.05, 3.63) is 70.5 Å². The lowest BCUT2D eigenvalue weighted by Crippen LogP contribution is -2.07. The van der Waals surface area contributed by atoms with Crippen LogP contribution in [0.3, 0.4) is 0 Å². The Hall–Kier alpha value is -2.13. The predicted molar refractivity (Wildman–Crippen MR) is 89.6 cm³/mol. The van der Waals surface area contributed by atoms with E-state index in [1.165, 1.54) is 29.8 Å². The van der Waals surface area contributed by atoms with Crippen LogP contribution >= 0.6 is 11.6 Å². The van der Waals surface area contributed by atoms with E-state index in [4.69, 9.17) is 11.6 Å². The van der Waals surface area contributed by atoms with Gasteiger partial charge in [-0.15, -0.1) is 0 Å². The molecule has 0 saturated carbocycles. The average Bonchev–Trinajstić information content (AvgIpc) is 2.49. The van der Waals surface area contributed by atoms with Crippen molar-refractivity contribution in [1.29, 1.82) is 0 Å². The van der Waals surface area contributed by atoms with Crippen molar-refractivity contribution in [3.8, 4) is 0 Å². The fourth-order valence-corrected chi connectivity index (χ4v) is 2.10. The van der Waals surface area contributed by atoms with Gasteiger partial charge in [0, 0.05) is 11.8 Å². The molecule has 2 aromatic rings. The fraction of sp³-hybridized carbons (Fsp3) is 0.167. The predicted octanol–water partition coefficient (Wildman–Crippen LogP) is 5.25. The van der Waals surface area contributed by atoms with Crippen molar-refractivity contribution in [3.63, 3.8) is 0 Å². The summed E-state index contributed by atoms with van der Waals surface area (Å²) in [6, 6.07) is 12.1. The number of hydrogen-bond acceptors (Lipinski definition) is 1. The van der Waals surface area contributed by atoms with Crippen molar-refractivity contribution >= 4 is 29.3 Å². The molecule has 22 heavy (non-hydrogen) atoms. The summed E-state index contributed by atoms with van der Waals surface area (Å²) in [7, 11) is 0. The molecular weight excluding hydrogens is 301 g/mol. The summed E-state index contributed by atoms with van der Waals surface area (Å²) < 4.78 is 13.0. The number of nitrogens with one attached hydrogen (secondary N) is 1. The molecule has 0 heterocycles. The minimum Gasteiger partial charge on any atom is -0.322 e. The lowest BCUT2D eigenvalue weighted by atomic mass is 10.0. The van der Waals surface area contributed by atoms with Gasteiger partial charge < -0.3 is 5.32 Å². The molecule has 4 heteroatoms. The molecule has 0 saturated heterocycles. The lowest BCUT2D eigenvalue weighted by molar-refractivity contribution is -0.111. The first-order valence-electron chi connectivity index (χ1n) is 7.00. The standard InChI is InChI=1S/C18H17ClFNO/c1-12(2)14-6-3-13(4-7-14)5-10-18(22)21-15-8-9-17(20)16(19)11-15/h3-12H,1-2H3,(H,21,22)/b10-5+. The van der Waals surface area contributed by atoms with E-state index in [2.05, 4.69) is 19.2 Å². The van der Waals surface area contributed by atoms with Gasteiger partial charge in [0.25, 0.3) is 0 Å². The van der Waals surface area contributed by atoms with Crippen molar-refractivity contribution < 1.29 is 9.18 Å². The molecule has 0 aliphatic carbocycles. The number of benzene rings is 2. The molecule has 0 unspecified atom stereocenters. The van der Waals surface area contributed by atoms with Crippen LogP contribution in [-0.4, -0.2) is 5.91 Å². The summed E-state index contributed by atoms with van der Waals surface area (Å²) >= 11 is 5.67. The molecule has 1 N–H and O–H groups in total. The highest BCUT2D eigenvalue weighted by atomic mass is 35.5. The number of halogens is 2. The molecule has 0 aliphatic heterocycles. The monoisotopic (exact) mass is 317 g/mol. The SMILES string of the molecule is CC(C)c1ccc(/C=C/C(=O)Nc2ccc(F)c(Cl)c2)cc1. The van der Waals surface area contributed by atoms with Crippen LogP contribution in [0.4, 0.5) is 10.1 Å². The minimum absolute atomic E-state index is 0.0222. The van der Waals surface area contributed by atoms with Crippen LogP contribution in [0.1, 0.15) is 30.9 Å². The highest BCUT2D eigenvalue weighted by Crippen LogP contribution is 2.19. The van der Waals surface area contributed by atoms with E-state index < -0.39 is 5.82 Å². The van der Waals surface area contributed by atoms with E-state index in [1.54, 1.807) is 6.08 Å². The Morgan fingerprint density at radius 1 is 1.18 bits per heavy atom. The van der Waals surface area contributed by atoms with Gasteiger partial charge in [-0.05, 0) is 41.3 Å². The van der Waals surface area contributed by atoms with Crippen LogP contribution in [0.5, 0.6) is 0 Å². The van der Waals surface area contributed by atoms with Crippen molar-refractivity contribution in [1.82, 2.24) is 0 Å². The van der Waals surface area contributed by atoms with E-state index >= 15 is 0 Å². The third-order valence-corrected chi connectivity index (χ3v) is 3.51. The lowest BCUT2D eigenvalue weighted by Gasteiger charge is -2.05. The molecule has 0 spiro atoms. The van der Waals surface area contributed by atoms with Gasteiger partial charge in [-0.25, -0.2) is 4.39 Å². The smallest absolute Gasteiger partial charge is 0.248 e. The van der Waals surface area contributed by atoms with Crippen LogP contribution in [-0.2, 0) is 4.79 Å². The van der Waals surface area contributed by atoms with E-state index in [9.17, 15) is 9.18 Å². The molecular formula is C18H17ClFNO. The van der Waals surface area contributed by atoms with Crippen LogP contribution in [0, 0.1) is 5.82 Å². The third kappa shape index (κ3) is 4.43. The van der Waals surface area contributed by atoms with Gasteiger partial charge in [-0.3, -0.25) is 4.79 Å². The third-order valence-electron chi connectivity index (χ3n) is 3.22. The average molecular weight is 318 g/mol. The van der Waals surface area contributed by atoms with Gasteiger partial charge in [0.2, 0.25) is 5.91 Å². The molecule has 114 valence electrons. The number of carbonyl (C=O) groups excluding carboxylic acids is 1. The molecule has 0 atom stereocenters.